The molecule has 2 aromatic heterocycles. The largest absolute Gasteiger partial charge is 0.404 e. The first-order chi connectivity index (χ1) is 20.3. The van der Waals surface area contributed by atoms with Crippen molar-refractivity contribution in [3.63, 3.8) is 0 Å². The lowest BCUT2D eigenvalue weighted by atomic mass is 10.0. The molecule has 2 aromatic carbocycles. The van der Waals surface area contributed by atoms with Crippen LogP contribution in [0.15, 0.2) is 72.1 Å². The Labute approximate surface area is 262 Å². The summed E-state index contributed by atoms with van der Waals surface area (Å²) in [5, 5.41) is 3.50. The lowest BCUT2D eigenvalue weighted by Gasteiger charge is -2.55. The number of ether oxygens (including phenoxy) is 2. The van der Waals surface area contributed by atoms with Crippen molar-refractivity contribution >= 4 is 64.5 Å². The number of benzene rings is 2. The van der Waals surface area contributed by atoms with E-state index >= 15 is 0 Å². The summed E-state index contributed by atoms with van der Waals surface area (Å²) < 4.78 is 23.6. The molecule has 0 amide bonds. The number of rotatable bonds is 10. The van der Waals surface area contributed by atoms with Crippen molar-refractivity contribution in [2.45, 2.75) is 57.1 Å². The van der Waals surface area contributed by atoms with E-state index in [0.717, 1.165) is 21.0 Å². The molecule has 42 heavy (non-hydrogen) atoms. The second-order valence-electron chi connectivity index (χ2n) is 11.8. The first kappa shape index (κ1) is 29.4. The van der Waals surface area contributed by atoms with E-state index in [1.165, 1.54) is 15.9 Å². The normalized spacial score (nSPS) is 24.7. The highest BCUT2D eigenvalue weighted by molar-refractivity contribution is 14.1. The van der Waals surface area contributed by atoms with E-state index in [-0.39, 0.29) is 23.5 Å². The van der Waals surface area contributed by atoms with Crippen LogP contribution in [0.1, 0.15) is 45.4 Å². The van der Waals surface area contributed by atoms with Crippen LogP contribution >= 0.6 is 22.6 Å². The second-order valence-corrected chi connectivity index (χ2v) is 17.0. The fourth-order valence-electron chi connectivity index (χ4n) is 6.51. The highest BCUT2D eigenvalue weighted by atomic mass is 127. The molecule has 2 aliphatic heterocycles. The number of halogens is 1. The van der Waals surface area contributed by atoms with Gasteiger partial charge in [0.25, 0.3) is 8.32 Å². The Morgan fingerprint density at radius 1 is 1.14 bits per heavy atom. The highest BCUT2D eigenvalue weighted by Crippen LogP contribution is 2.44. The third-order valence-corrected chi connectivity index (χ3v) is 14.3. The average molecular weight is 696 g/mol. The maximum atomic E-state index is 7.21. The molecule has 0 N–H and O–H groups in total. The molecule has 1 saturated heterocycles. The maximum Gasteiger partial charge on any atom is 0.266 e. The number of hydrogen-bond acceptors (Lipinski definition) is 6. The van der Waals surface area contributed by atoms with Crippen LogP contribution in [0.2, 0.25) is 0 Å². The summed E-state index contributed by atoms with van der Waals surface area (Å²) in [6.45, 7) is 7.96. The lowest BCUT2D eigenvalue weighted by molar-refractivity contribution is -0.0574. The molecule has 6 rings (SSSR count). The molecule has 4 heterocycles. The molecule has 1 fully saturated rings. The smallest absolute Gasteiger partial charge is 0.266 e. The summed E-state index contributed by atoms with van der Waals surface area (Å²) in [4.78, 5) is 15.6. The van der Waals surface area contributed by atoms with Crippen molar-refractivity contribution in [2.24, 2.45) is 4.99 Å². The molecule has 0 spiro atoms. The van der Waals surface area contributed by atoms with E-state index in [2.05, 4.69) is 124 Å². The van der Waals surface area contributed by atoms with Crippen molar-refractivity contribution in [2.75, 3.05) is 27.3 Å². The summed E-state index contributed by atoms with van der Waals surface area (Å²) >= 11 is 2.34. The highest BCUT2D eigenvalue weighted by Gasteiger charge is 2.63. The molecule has 10 heteroatoms. The Balaban J connectivity index is 1.31. The third kappa shape index (κ3) is 4.90. The van der Waals surface area contributed by atoms with Gasteiger partial charge in [0.1, 0.15) is 24.3 Å². The molecule has 0 saturated carbocycles. The van der Waals surface area contributed by atoms with Crippen LogP contribution in [0.25, 0.3) is 11.0 Å². The predicted octanol–water partition coefficient (Wildman–Crippen LogP) is 4.95. The van der Waals surface area contributed by atoms with Gasteiger partial charge in [-0.15, -0.1) is 0 Å². The van der Waals surface area contributed by atoms with E-state index in [4.69, 9.17) is 13.9 Å². The van der Waals surface area contributed by atoms with Gasteiger partial charge in [-0.2, -0.15) is 0 Å². The Hall–Kier alpha value is -2.64. The molecule has 0 radical (unpaired) electrons. The molecule has 220 valence electrons. The van der Waals surface area contributed by atoms with E-state index in [1.807, 2.05) is 19.0 Å². The van der Waals surface area contributed by atoms with Gasteiger partial charge in [-0.25, -0.2) is 15.0 Å². The van der Waals surface area contributed by atoms with Gasteiger partial charge in [-0.3, -0.25) is 0 Å². The molecule has 4 aromatic rings. The Kier molecular flexibility index (Phi) is 8.27. The van der Waals surface area contributed by atoms with Crippen LogP contribution < -0.4 is 10.4 Å². The third-order valence-electron chi connectivity index (χ3n) is 8.49. The minimum Gasteiger partial charge on any atom is -0.404 e. The fraction of sp³-hybridized carbons (Fsp3) is 0.406. The molecule has 0 bridgehead atoms. The Morgan fingerprint density at radius 2 is 1.90 bits per heavy atom. The zero-order valence-corrected chi connectivity index (χ0v) is 28.0. The molecule has 2 aliphatic rings. The van der Waals surface area contributed by atoms with Gasteiger partial charge in [0.05, 0.1) is 24.4 Å². The standard InChI is InChI=1S/C32H38IN5O3Si/c1-6-16-39-25-17-28(38-18-24(33)29-30(36-21-37(4)5)34-20-35-31(29)38)41-26(25)19-40-42(22-12-8-7-9-13-22)27-15-11-10-14-23(27)32(42,2)3/h7-15,18,20-21,25-26,28H,6,16-17,19H2,1-5H3. The lowest BCUT2D eigenvalue weighted by Crippen LogP contribution is -2.81. The van der Waals surface area contributed by atoms with Gasteiger partial charge in [0.2, 0.25) is 0 Å². The van der Waals surface area contributed by atoms with Crippen molar-refractivity contribution in [3.05, 3.63) is 76.3 Å². The zero-order chi connectivity index (χ0) is 29.5. The molecule has 0 aliphatic carbocycles. The monoisotopic (exact) mass is 695 g/mol. The number of aromatic nitrogens is 3. The summed E-state index contributed by atoms with van der Waals surface area (Å²) in [6, 6.07) is 19.6. The Morgan fingerprint density at radius 3 is 2.67 bits per heavy atom. The summed E-state index contributed by atoms with van der Waals surface area (Å²) in [6.07, 6.45) is 6.56. The van der Waals surface area contributed by atoms with Crippen molar-refractivity contribution in [1.82, 2.24) is 19.4 Å². The van der Waals surface area contributed by atoms with E-state index in [1.54, 1.807) is 12.7 Å². The number of aliphatic imine (C=N–C) groups is 1. The van der Waals surface area contributed by atoms with Gasteiger partial charge in [-0.1, -0.05) is 75.4 Å². The summed E-state index contributed by atoms with van der Waals surface area (Å²) in [5.41, 5.74) is 2.19. The summed E-state index contributed by atoms with van der Waals surface area (Å²) in [5.74, 6) is 0.648. The van der Waals surface area contributed by atoms with Crippen LogP contribution in [0, 0.1) is 3.57 Å². The SMILES string of the molecule is CCCOC1CC(n2cc(I)c3c(N=CN(C)C)ncnc32)OC1CO[Si]1(c2ccccc2)c2ccccc2C1(C)C. The van der Waals surface area contributed by atoms with Crippen molar-refractivity contribution in [3.8, 4) is 0 Å². The van der Waals surface area contributed by atoms with Crippen LogP contribution in [0.5, 0.6) is 0 Å². The number of nitrogens with zero attached hydrogens (tertiary/aromatic N) is 5. The summed E-state index contributed by atoms with van der Waals surface area (Å²) in [7, 11) is 1.34. The van der Waals surface area contributed by atoms with E-state index < -0.39 is 8.32 Å². The topological polar surface area (TPSA) is 74.0 Å². The minimum absolute atomic E-state index is 0.0735. The minimum atomic E-state index is -2.55. The van der Waals surface area contributed by atoms with Crippen LogP contribution in [0.4, 0.5) is 5.82 Å². The van der Waals surface area contributed by atoms with E-state index in [0.29, 0.717) is 25.5 Å². The number of hydrogen-bond donors (Lipinski definition) is 0. The fourth-order valence-corrected chi connectivity index (χ4v) is 12.3. The van der Waals surface area contributed by atoms with Gasteiger partial charge in [0, 0.05) is 41.9 Å². The van der Waals surface area contributed by atoms with Gasteiger partial charge in [-0.05, 0) is 44.9 Å². The molecule has 4 atom stereocenters. The first-order valence-corrected chi connectivity index (χ1v) is 17.5. The first-order valence-electron chi connectivity index (χ1n) is 14.6. The van der Waals surface area contributed by atoms with Crippen molar-refractivity contribution < 1.29 is 13.9 Å². The number of fused-ring (bicyclic) bond motifs is 2. The van der Waals surface area contributed by atoms with Crippen LogP contribution in [0.3, 0.4) is 0 Å². The maximum absolute atomic E-state index is 7.21. The molecule has 4 unspecified atom stereocenters. The average Bonchev–Trinajstić information content (AvgIpc) is 3.56. The molecular formula is C32H38IN5O3Si. The van der Waals surface area contributed by atoms with Gasteiger partial charge >= 0.3 is 0 Å². The van der Waals surface area contributed by atoms with E-state index in [9.17, 15) is 0 Å². The van der Waals surface area contributed by atoms with Gasteiger partial charge in [0.15, 0.2) is 5.82 Å². The Bertz CT molecular complexity index is 1590. The van der Waals surface area contributed by atoms with Crippen LogP contribution in [-0.4, -0.2) is 73.6 Å². The van der Waals surface area contributed by atoms with Gasteiger partial charge < -0.3 is 23.4 Å². The predicted molar refractivity (Wildman–Crippen MR) is 178 cm³/mol. The van der Waals surface area contributed by atoms with Crippen LogP contribution in [-0.2, 0) is 18.9 Å². The van der Waals surface area contributed by atoms with Crippen molar-refractivity contribution in [1.29, 1.82) is 0 Å². The molecular weight excluding hydrogens is 657 g/mol. The second kappa shape index (κ2) is 11.8. The molecule has 8 nitrogen and oxygen atoms in total. The zero-order valence-electron chi connectivity index (χ0n) is 24.8. The quantitative estimate of drug-likeness (QED) is 0.101.